The zero-order valence-corrected chi connectivity index (χ0v) is 11.2. The van der Waals surface area contributed by atoms with Crippen LogP contribution in [0.4, 0.5) is 0 Å². The van der Waals surface area contributed by atoms with Crippen LogP contribution in [-0.4, -0.2) is 52.2 Å². The van der Waals surface area contributed by atoms with Crippen molar-refractivity contribution in [3.05, 3.63) is 12.2 Å². The lowest BCUT2D eigenvalue weighted by Gasteiger charge is -2.13. The molecule has 1 rings (SSSR count). The second-order valence-electron chi connectivity index (χ2n) is 4.59. The number of nitrogens with one attached hydrogen (secondary N) is 1. The van der Waals surface area contributed by atoms with E-state index in [4.69, 9.17) is 10.2 Å². The van der Waals surface area contributed by atoms with Crippen LogP contribution in [-0.2, 0) is 14.4 Å². The molecular formula is C13H20N2O5. The van der Waals surface area contributed by atoms with Gasteiger partial charge < -0.3 is 15.5 Å². The van der Waals surface area contributed by atoms with E-state index in [1.54, 1.807) is 0 Å². The number of carbonyl (C=O) groups excluding carboxylic acids is 3. The van der Waals surface area contributed by atoms with E-state index >= 15 is 0 Å². The van der Waals surface area contributed by atoms with Gasteiger partial charge in [-0.25, -0.2) is 0 Å². The number of aliphatic hydroxyl groups is 2. The Balaban J connectivity index is 2.01. The molecule has 0 aromatic carbocycles. The Bertz CT molecular complexity index is 374. The number of amides is 3. The Morgan fingerprint density at radius 3 is 2.40 bits per heavy atom. The van der Waals surface area contributed by atoms with Crippen molar-refractivity contribution in [3.63, 3.8) is 0 Å². The molecule has 0 saturated heterocycles. The predicted molar refractivity (Wildman–Crippen MR) is 70.2 cm³/mol. The summed E-state index contributed by atoms with van der Waals surface area (Å²) in [5, 5.41) is 19.8. The lowest BCUT2D eigenvalue weighted by molar-refractivity contribution is -0.137. The van der Waals surface area contributed by atoms with Crippen LogP contribution in [0.25, 0.3) is 0 Å². The van der Waals surface area contributed by atoms with Crippen LogP contribution in [0.3, 0.4) is 0 Å². The Labute approximate surface area is 117 Å². The van der Waals surface area contributed by atoms with E-state index in [9.17, 15) is 14.4 Å². The van der Waals surface area contributed by atoms with Crippen molar-refractivity contribution in [2.45, 2.75) is 38.4 Å². The summed E-state index contributed by atoms with van der Waals surface area (Å²) < 4.78 is 0. The molecule has 112 valence electrons. The standard InChI is InChI=1S/C13H20N2O5/c16-10(14-8-7-13(19)20)4-2-1-3-9-15-11(17)5-6-12(15)18/h5-6,13,19-20H,1-4,7-9H2,(H,14,16). The molecular weight excluding hydrogens is 264 g/mol. The molecule has 0 atom stereocenters. The molecule has 7 heteroatoms. The molecule has 0 spiro atoms. The summed E-state index contributed by atoms with van der Waals surface area (Å²) in [6, 6.07) is 0. The molecule has 1 heterocycles. The molecule has 0 unspecified atom stereocenters. The molecule has 20 heavy (non-hydrogen) atoms. The molecule has 0 radical (unpaired) electrons. The number of hydrogen-bond donors (Lipinski definition) is 3. The van der Waals surface area contributed by atoms with Crippen LogP contribution in [0.1, 0.15) is 32.1 Å². The molecule has 7 nitrogen and oxygen atoms in total. The maximum absolute atomic E-state index is 11.3. The number of carbonyl (C=O) groups is 3. The van der Waals surface area contributed by atoms with Gasteiger partial charge >= 0.3 is 0 Å². The summed E-state index contributed by atoms with van der Waals surface area (Å²) in [5.74, 6) is -0.703. The third-order valence-electron chi connectivity index (χ3n) is 2.91. The van der Waals surface area contributed by atoms with Gasteiger partial charge in [-0.2, -0.15) is 0 Å². The van der Waals surface area contributed by atoms with Crippen LogP contribution in [0.15, 0.2) is 12.2 Å². The van der Waals surface area contributed by atoms with Gasteiger partial charge in [0.15, 0.2) is 6.29 Å². The van der Waals surface area contributed by atoms with Crippen LogP contribution in [0, 0.1) is 0 Å². The first-order valence-electron chi connectivity index (χ1n) is 6.67. The summed E-state index contributed by atoms with van der Waals surface area (Å²) >= 11 is 0. The minimum absolute atomic E-state index is 0.109. The van der Waals surface area contributed by atoms with E-state index in [1.165, 1.54) is 17.1 Å². The molecule has 0 fully saturated rings. The van der Waals surface area contributed by atoms with Crippen molar-refractivity contribution in [2.24, 2.45) is 0 Å². The first-order chi connectivity index (χ1) is 9.50. The zero-order chi connectivity index (χ0) is 15.0. The first-order valence-corrected chi connectivity index (χ1v) is 6.67. The summed E-state index contributed by atoms with van der Waals surface area (Å²) in [6.45, 7) is 0.613. The van der Waals surface area contributed by atoms with Crippen molar-refractivity contribution in [3.8, 4) is 0 Å². The van der Waals surface area contributed by atoms with E-state index in [1.807, 2.05) is 0 Å². The average Bonchev–Trinajstić information content (AvgIpc) is 2.69. The van der Waals surface area contributed by atoms with Gasteiger partial charge in [0.05, 0.1) is 0 Å². The number of imide groups is 1. The fraction of sp³-hybridized carbons (Fsp3) is 0.615. The van der Waals surface area contributed by atoms with Gasteiger partial charge in [0.1, 0.15) is 0 Å². The minimum atomic E-state index is -1.40. The van der Waals surface area contributed by atoms with Crippen molar-refractivity contribution < 1.29 is 24.6 Å². The molecule has 0 aromatic rings. The van der Waals surface area contributed by atoms with E-state index in [2.05, 4.69) is 5.32 Å². The monoisotopic (exact) mass is 284 g/mol. The third-order valence-corrected chi connectivity index (χ3v) is 2.91. The highest BCUT2D eigenvalue weighted by molar-refractivity contribution is 6.12. The summed E-state index contributed by atoms with van der Waals surface area (Å²) in [5.41, 5.74) is 0. The summed E-state index contributed by atoms with van der Waals surface area (Å²) in [4.78, 5) is 35.0. The SMILES string of the molecule is O=C(CCCCCN1C(=O)C=CC1=O)NCCC(O)O. The largest absolute Gasteiger partial charge is 0.368 e. The van der Waals surface area contributed by atoms with Gasteiger partial charge in [-0.05, 0) is 12.8 Å². The minimum Gasteiger partial charge on any atom is -0.368 e. The van der Waals surface area contributed by atoms with Gasteiger partial charge in [0.25, 0.3) is 11.8 Å². The number of nitrogens with zero attached hydrogens (tertiary/aromatic N) is 1. The van der Waals surface area contributed by atoms with Gasteiger partial charge in [-0.15, -0.1) is 0 Å². The Morgan fingerprint density at radius 2 is 1.80 bits per heavy atom. The zero-order valence-electron chi connectivity index (χ0n) is 11.2. The molecule has 3 amide bonds. The Hall–Kier alpha value is -1.73. The average molecular weight is 284 g/mol. The highest BCUT2D eigenvalue weighted by Gasteiger charge is 2.22. The molecule has 3 N–H and O–H groups in total. The maximum Gasteiger partial charge on any atom is 0.253 e. The lowest BCUT2D eigenvalue weighted by Crippen LogP contribution is -2.31. The van der Waals surface area contributed by atoms with Crippen molar-refractivity contribution in [1.82, 2.24) is 10.2 Å². The fourth-order valence-corrected chi connectivity index (χ4v) is 1.81. The summed E-state index contributed by atoms with van der Waals surface area (Å²) in [6.07, 6.45) is 3.64. The molecule has 0 saturated carbocycles. The van der Waals surface area contributed by atoms with Gasteiger partial charge in [-0.3, -0.25) is 19.3 Å². The highest BCUT2D eigenvalue weighted by Crippen LogP contribution is 2.07. The van der Waals surface area contributed by atoms with Crippen LogP contribution in [0.5, 0.6) is 0 Å². The lowest BCUT2D eigenvalue weighted by atomic mass is 10.2. The molecule has 0 aromatic heterocycles. The molecule has 1 aliphatic rings. The van der Waals surface area contributed by atoms with E-state index in [-0.39, 0.29) is 30.7 Å². The van der Waals surface area contributed by atoms with Crippen LogP contribution >= 0.6 is 0 Å². The normalized spacial score (nSPS) is 14.4. The maximum atomic E-state index is 11.3. The van der Waals surface area contributed by atoms with Gasteiger partial charge in [0, 0.05) is 38.1 Å². The number of aliphatic hydroxyl groups excluding tert-OH is 1. The van der Waals surface area contributed by atoms with Crippen molar-refractivity contribution >= 4 is 17.7 Å². The van der Waals surface area contributed by atoms with E-state index in [0.717, 1.165) is 6.42 Å². The van der Waals surface area contributed by atoms with Gasteiger partial charge in [-0.1, -0.05) is 6.42 Å². The quantitative estimate of drug-likeness (QED) is 0.294. The number of unbranched alkanes of at least 4 members (excludes halogenated alkanes) is 2. The fourth-order valence-electron chi connectivity index (χ4n) is 1.81. The Morgan fingerprint density at radius 1 is 1.15 bits per heavy atom. The second-order valence-corrected chi connectivity index (χ2v) is 4.59. The van der Waals surface area contributed by atoms with Crippen LogP contribution < -0.4 is 5.32 Å². The molecule has 0 bridgehead atoms. The number of hydrogen-bond acceptors (Lipinski definition) is 5. The molecule has 0 aliphatic carbocycles. The third kappa shape index (κ3) is 5.94. The van der Waals surface area contributed by atoms with Crippen molar-refractivity contribution in [1.29, 1.82) is 0 Å². The van der Waals surface area contributed by atoms with Crippen molar-refractivity contribution in [2.75, 3.05) is 13.1 Å². The smallest absolute Gasteiger partial charge is 0.253 e. The molecule has 1 aliphatic heterocycles. The summed E-state index contributed by atoms with van der Waals surface area (Å²) in [7, 11) is 0. The number of rotatable bonds is 9. The van der Waals surface area contributed by atoms with E-state index < -0.39 is 6.29 Å². The first kappa shape index (κ1) is 16.3. The highest BCUT2D eigenvalue weighted by atomic mass is 16.5. The van der Waals surface area contributed by atoms with Gasteiger partial charge in [0.2, 0.25) is 5.91 Å². The predicted octanol–water partition coefficient (Wildman–Crippen LogP) is -0.711. The van der Waals surface area contributed by atoms with E-state index in [0.29, 0.717) is 25.8 Å². The topological polar surface area (TPSA) is 107 Å². The second kappa shape index (κ2) is 8.44. The van der Waals surface area contributed by atoms with Crippen LogP contribution in [0.2, 0.25) is 0 Å². The Kier molecular flexibility index (Phi) is 6.89.